The van der Waals surface area contributed by atoms with Gasteiger partial charge in [-0.05, 0) is 17.7 Å². The van der Waals surface area contributed by atoms with Crippen molar-refractivity contribution in [3.05, 3.63) is 46.5 Å². The van der Waals surface area contributed by atoms with E-state index in [-0.39, 0.29) is 11.8 Å². The van der Waals surface area contributed by atoms with Crippen molar-refractivity contribution in [3.8, 4) is 0 Å². The molecule has 96 valence electrons. The summed E-state index contributed by atoms with van der Waals surface area (Å²) in [4.78, 5) is 22.4. The summed E-state index contributed by atoms with van der Waals surface area (Å²) >= 11 is 3.17. The summed E-state index contributed by atoms with van der Waals surface area (Å²) in [5, 5.41) is 5.41. The van der Waals surface area contributed by atoms with Gasteiger partial charge >= 0.3 is 0 Å². The van der Waals surface area contributed by atoms with E-state index in [4.69, 9.17) is 0 Å². The van der Waals surface area contributed by atoms with Crippen LogP contribution < -0.4 is 10.6 Å². The van der Waals surface area contributed by atoms with Crippen molar-refractivity contribution < 1.29 is 9.59 Å². The molecule has 0 saturated carbocycles. The summed E-state index contributed by atoms with van der Waals surface area (Å²) in [6.45, 7) is 5.97. The second-order valence-corrected chi connectivity index (χ2v) is 4.93. The molecule has 0 spiro atoms. The topological polar surface area (TPSA) is 58.2 Å². The van der Waals surface area contributed by atoms with Crippen LogP contribution in [0, 0.1) is 0 Å². The molecular formula is C13H15BrN2O2. The molecule has 0 aliphatic rings. The van der Waals surface area contributed by atoms with Gasteiger partial charge in [0.1, 0.15) is 0 Å². The lowest BCUT2D eigenvalue weighted by Gasteiger charge is -2.06. The van der Waals surface area contributed by atoms with E-state index in [1.165, 1.54) is 6.92 Å². The minimum Gasteiger partial charge on any atom is -0.352 e. The molecule has 0 atom stereocenters. The SMILES string of the molecule is C=C(Br)CNC(=O)c1ccc(CNC(C)=O)cc1. The average molecular weight is 311 g/mol. The first-order valence-corrected chi connectivity index (χ1v) is 6.23. The highest BCUT2D eigenvalue weighted by Crippen LogP contribution is 2.05. The Hall–Kier alpha value is -1.62. The van der Waals surface area contributed by atoms with Crippen LogP contribution in [-0.2, 0) is 11.3 Å². The summed E-state index contributed by atoms with van der Waals surface area (Å²) in [5.74, 6) is -0.227. The monoisotopic (exact) mass is 310 g/mol. The van der Waals surface area contributed by atoms with Crippen molar-refractivity contribution in [3.63, 3.8) is 0 Å². The quantitative estimate of drug-likeness (QED) is 0.873. The van der Waals surface area contributed by atoms with E-state index < -0.39 is 0 Å². The Morgan fingerprint density at radius 1 is 1.22 bits per heavy atom. The molecule has 2 N–H and O–H groups in total. The van der Waals surface area contributed by atoms with Crippen molar-refractivity contribution >= 4 is 27.7 Å². The molecule has 4 nitrogen and oxygen atoms in total. The van der Waals surface area contributed by atoms with Crippen molar-refractivity contribution in [1.82, 2.24) is 10.6 Å². The molecule has 0 aromatic heterocycles. The smallest absolute Gasteiger partial charge is 0.251 e. The van der Waals surface area contributed by atoms with Gasteiger partial charge in [0.05, 0.1) is 0 Å². The Morgan fingerprint density at radius 2 is 1.83 bits per heavy atom. The highest BCUT2D eigenvalue weighted by Gasteiger charge is 2.04. The molecule has 0 heterocycles. The number of carbonyl (C=O) groups excluding carboxylic acids is 2. The third-order valence-electron chi connectivity index (χ3n) is 2.20. The molecule has 2 amide bonds. The Kier molecular flexibility index (Phi) is 5.58. The van der Waals surface area contributed by atoms with Crippen LogP contribution in [0.2, 0.25) is 0 Å². The van der Waals surface area contributed by atoms with Crippen LogP contribution in [0.1, 0.15) is 22.8 Å². The zero-order chi connectivity index (χ0) is 13.5. The van der Waals surface area contributed by atoms with Crippen LogP contribution in [0.15, 0.2) is 35.3 Å². The third kappa shape index (κ3) is 5.14. The number of rotatable bonds is 5. The van der Waals surface area contributed by atoms with E-state index in [1.807, 2.05) is 12.1 Å². The van der Waals surface area contributed by atoms with Crippen molar-refractivity contribution in [2.24, 2.45) is 0 Å². The van der Waals surface area contributed by atoms with Gasteiger partial charge < -0.3 is 10.6 Å². The lowest BCUT2D eigenvalue weighted by molar-refractivity contribution is -0.119. The lowest BCUT2D eigenvalue weighted by atomic mass is 10.1. The van der Waals surface area contributed by atoms with Gasteiger partial charge in [0.2, 0.25) is 5.91 Å². The zero-order valence-corrected chi connectivity index (χ0v) is 11.7. The number of hydrogen-bond donors (Lipinski definition) is 2. The molecule has 1 aromatic carbocycles. The van der Waals surface area contributed by atoms with Gasteiger partial charge in [-0.1, -0.05) is 34.6 Å². The van der Waals surface area contributed by atoms with E-state index in [1.54, 1.807) is 12.1 Å². The summed E-state index contributed by atoms with van der Waals surface area (Å²) < 4.78 is 0.720. The minimum absolute atomic E-state index is 0.0762. The molecule has 0 unspecified atom stereocenters. The summed E-state index contributed by atoms with van der Waals surface area (Å²) in [6, 6.07) is 7.08. The van der Waals surface area contributed by atoms with Gasteiger partial charge in [0.15, 0.2) is 0 Å². The summed E-state index contributed by atoms with van der Waals surface area (Å²) in [6.07, 6.45) is 0. The Morgan fingerprint density at radius 3 is 2.33 bits per heavy atom. The van der Waals surface area contributed by atoms with Crippen molar-refractivity contribution in [2.75, 3.05) is 6.54 Å². The van der Waals surface area contributed by atoms with Gasteiger partial charge in [-0.25, -0.2) is 0 Å². The van der Waals surface area contributed by atoms with Crippen LogP contribution in [0.25, 0.3) is 0 Å². The van der Waals surface area contributed by atoms with E-state index in [9.17, 15) is 9.59 Å². The summed E-state index contributed by atoms with van der Waals surface area (Å²) in [7, 11) is 0. The van der Waals surface area contributed by atoms with Crippen LogP contribution >= 0.6 is 15.9 Å². The van der Waals surface area contributed by atoms with Crippen LogP contribution in [-0.4, -0.2) is 18.4 Å². The van der Waals surface area contributed by atoms with Gasteiger partial charge in [-0.3, -0.25) is 9.59 Å². The molecule has 0 saturated heterocycles. The van der Waals surface area contributed by atoms with Crippen LogP contribution in [0.5, 0.6) is 0 Å². The van der Waals surface area contributed by atoms with Crippen molar-refractivity contribution in [2.45, 2.75) is 13.5 Å². The highest BCUT2D eigenvalue weighted by atomic mass is 79.9. The number of hydrogen-bond acceptors (Lipinski definition) is 2. The van der Waals surface area contributed by atoms with Crippen LogP contribution in [0.3, 0.4) is 0 Å². The maximum atomic E-state index is 11.7. The Labute approximate surface area is 115 Å². The molecular weight excluding hydrogens is 296 g/mol. The Bertz CT molecular complexity index is 455. The van der Waals surface area contributed by atoms with E-state index in [0.29, 0.717) is 18.7 Å². The van der Waals surface area contributed by atoms with Gasteiger partial charge in [0.25, 0.3) is 5.91 Å². The predicted molar refractivity (Wildman–Crippen MR) is 74.4 cm³/mol. The first-order chi connectivity index (χ1) is 8.49. The molecule has 0 aliphatic heterocycles. The zero-order valence-electron chi connectivity index (χ0n) is 10.1. The highest BCUT2D eigenvalue weighted by molar-refractivity contribution is 9.11. The van der Waals surface area contributed by atoms with Crippen LogP contribution in [0.4, 0.5) is 0 Å². The number of carbonyl (C=O) groups is 2. The molecule has 1 rings (SSSR count). The average Bonchev–Trinajstić information content (AvgIpc) is 2.34. The lowest BCUT2D eigenvalue weighted by Crippen LogP contribution is -2.24. The number of halogens is 1. The minimum atomic E-state index is -0.151. The fourth-order valence-corrected chi connectivity index (χ4v) is 1.42. The second-order valence-electron chi connectivity index (χ2n) is 3.81. The van der Waals surface area contributed by atoms with E-state index in [0.717, 1.165) is 10.0 Å². The van der Waals surface area contributed by atoms with E-state index in [2.05, 4.69) is 33.1 Å². The molecule has 0 bridgehead atoms. The first kappa shape index (κ1) is 14.4. The van der Waals surface area contributed by atoms with Gasteiger partial charge in [-0.2, -0.15) is 0 Å². The predicted octanol–water partition coefficient (Wildman–Crippen LogP) is 1.96. The third-order valence-corrected chi connectivity index (χ3v) is 2.48. The maximum absolute atomic E-state index is 11.7. The molecule has 0 fully saturated rings. The number of amides is 2. The summed E-state index contributed by atoms with van der Waals surface area (Å²) in [5.41, 5.74) is 1.53. The fourth-order valence-electron chi connectivity index (χ4n) is 1.28. The standard InChI is InChI=1S/C13H15BrN2O2/c1-9(14)7-16-13(18)12-5-3-11(4-6-12)8-15-10(2)17/h3-6H,1,7-8H2,2H3,(H,15,17)(H,16,18). The fraction of sp³-hybridized carbons (Fsp3) is 0.231. The van der Waals surface area contributed by atoms with Gasteiger partial charge in [-0.15, -0.1) is 0 Å². The normalized spacial score (nSPS) is 9.67. The van der Waals surface area contributed by atoms with Gasteiger partial charge in [0, 0.05) is 30.1 Å². The first-order valence-electron chi connectivity index (χ1n) is 5.44. The number of benzene rings is 1. The number of nitrogens with one attached hydrogen (secondary N) is 2. The maximum Gasteiger partial charge on any atom is 0.251 e. The molecule has 5 heteroatoms. The molecule has 0 aliphatic carbocycles. The Balaban J connectivity index is 2.56. The molecule has 18 heavy (non-hydrogen) atoms. The molecule has 0 radical (unpaired) electrons. The molecule has 1 aromatic rings. The largest absolute Gasteiger partial charge is 0.352 e. The van der Waals surface area contributed by atoms with Crippen molar-refractivity contribution in [1.29, 1.82) is 0 Å². The second kappa shape index (κ2) is 6.96. The van der Waals surface area contributed by atoms with E-state index >= 15 is 0 Å².